The van der Waals surface area contributed by atoms with Crippen LogP contribution in [0.25, 0.3) is 0 Å². The van der Waals surface area contributed by atoms with E-state index in [1.165, 1.54) is 63.4 Å². The van der Waals surface area contributed by atoms with Gasteiger partial charge < -0.3 is 0 Å². The molecule has 0 saturated heterocycles. The van der Waals surface area contributed by atoms with Crippen LogP contribution >= 0.6 is 0 Å². The summed E-state index contributed by atoms with van der Waals surface area (Å²) >= 11 is 0. The monoisotopic (exact) mass is 426 g/mol. The maximum absolute atomic E-state index is 12.7. The summed E-state index contributed by atoms with van der Waals surface area (Å²) in [4.78, 5) is 12.7. The quantitative estimate of drug-likeness (QED) is 0.412. The van der Waals surface area contributed by atoms with E-state index in [9.17, 15) is 4.79 Å². The molecule has 0 aliphatic heterocycles. The van der Waals surface area contributed by atoms with Gasteiger partial charge in [0.15, 0.2) is 0 Å². The molecule has 1 nitrogen and oxygen atoms in total. The van der Waals surface area contributed by atoms with Crippen molar-refractivity contribution in [2.24, 2.45) is 44.8 Å². The topological polar surface area (TPSA) is 17.1 Å². The molecule has 4 saturated carbocycles. The van der Waals surface area contributed by atoms with Crippen molar-refractivity contribution in [2.75, 3.05) is 0 Å². The van der Waals surface area contributed by atoms with Crippen molar-refractivity contribution >= 4 is 5.78 Å². The fraction of sp³-hybridized carbons (Fsp3) is 0.900. The average molecular weight is 427 g/mol. The molecule has 4 aliphatic rings. The Morgan fingerprint density at radius 3 is 2.29 bits per heavy atom. The predicted octanol–water partition coefficient (Wildman–Crippen LogP) is 8.77. The van der Waals surface area contributed by atoms with Gasteiger partial charge in [-0.2, -0.15) is 0 Å². The molecule has 0 bridgehead atoms. The van der Waals surface area contributed by atoms with Crippen LogP contribution in [0.2, 0.25) is 0 Å². The molecule has 4 rings (SSSR count). The van der Waals surface area contributed by atoms with Crippen LogP contribution in [0.15, 0.2) is 11.6 Å². The molecule has 4 aliphatic carbocycles. The Bertz CT molecular complexity index is 760. The van der Waals surface area contributed by atoms with Crippen molar-refractivity contribution in [3.8, 4) is 0 Å². The fourth-order valence-electron chi connectivity index (χ4n) is 9.93. The van der Waals surface area contributed by atoms with Crippen LogP contribution in [0, 0.1) is 44.8 Å². The lowest BCUT2D eigenvalue weighted by atomic mass is 9.33. The molecule has 4 fully saturated rings. The van der Waals surface area contributed by atoms with Crippen LogP contribution in [0.1, 0.15) is 126 Å². The summed E-state index contributed by atoms with van der Waals surface area (Å²) < 4.78 is 0. The first-order valence-electron chi connectivity index (χ1n) is 13.5. The van der Waals surface area contributed by atoms with Crippen LogP contribution in [0.4, 0.5) is 0 Å². The summed E-state index contributed by atoms with van der Waals surface area (Å²) in [5.41, 5.74) is 3.56. The third-order valence-electron chi connectivity index (χ3n) is 12.2. The van der Waals surface area contributed by atoms with Gasteiger partial charge in [0, 0.05) is 12.3 Å². The van der Waals surface area contributed by atoms with Gasteiger partial charge in [-0.05, 0) is 117 Å². The molecule has 8 atom stereocenters. The SMILES string of the molecule is CC(C)=CCC[C@@]1(C)CC[C@]2(C)[C@@H]3CC[C@]4(C)[C@@H](CCC(=O)[C@H]4C)[C@]3(C)CC[C@]2(C)C1. The Morgan fingerprint density at radius 1 is 0.903 bits per heavy atom. The molecule has 0 heterocycles. The molecule has 0 aromatic carbocycles. The van der Waals surface area contributed by atoms with Gasteiger partial charge in [0.05, 0.1) is 0 Å². The number of fused-ring (bicyclic) bond motifs is 5. The standard InChI is InChI=1S/C30H50O/c1-21(2)10-9-14-26(4)16-19-30(8)25-13-15-28(6)22(3)23(31)11-12-24(28)29(25,7)18-17-27(30,5)20-26/h10,22,24-25H,9,11-20H2,1-8H3/t22-,24-,25-,26+,27-,28+,29+,30-/m1/s1. The summed E-state index contributed by atoms with van der Waals surface area (Å²) in [7, 11) is 0. The van der Waals surface area contributed by atoms with Crippen LogP contribution < -0.4 is 0 Å². The van der Waals surface area contributed by atoms with E-state index in [1.54, 1.807) is 0 Å². The van der Waals surface area contributed by atoms with E-state index < -0.39 is 0 Å². The van der Waals surface area contributed by atoms with E-state index in [0.29, 0.717) is 27.4 Å². The number of ketones is 1. The molecule has 0 radical (unpaired) electrons. The predicted molar refractivity (Wildman–Crippen MR) is 132 cm³/mol. The number of hydrogen-bond donors (Lipinski definition) is 0. The Balaban J connectivity index is 1.61. The summed E-state index contributed by atoms with van der Waals surface area (Å²) in [6.45, 7) is 19.8. The second-order valence-corrected chi connectivity index (χ2v) is 14.2. The van der Waals surface area contributed by atoms with Gasteiger partial charge in [-0.1, -0.05) is 53.2 Å². The maximum Gasteiger partial charge on any atom is 0.136 e. The van der Waals surface area contributed by atoms with Gasteiger partial charge in [0.25, 0.3) is 0 Å². The molecular formula is C30H50O. The van der Waals surface area contributed by atoms with Gasteiger partial charge >= 0.3 is 0 Å². The van der Waals surface area contributed by atoms with Crippen molar-refractivity contribution in [1.29, 1.82) is 0 Å². The van der Waals surface area contributed by atoms with E-state index in [2.05, 4.69) is 61.5 Å². The number of hydrogen-bond acceptors (Lipinski definition) is 1. The summed E-state index contributed by atoms with van der Waals surface area (Å²) in [5.74, 6) is 2.37. The molecule has 0 N–H and O–H groups in total. The molecule has 0 amide bonds. The summed E-state index contributed by atoms with van der Waals surface area (Å²) in [6, 6.07) is 0. The lowest BCUT2D eigenvalue weighted by Gasteiger charge is -2.72. The first-order chi connectivity index (χ1) is 14.3. The molecule has 0 spiro atoms. The number of carbonyl (C=O) groups is 1. The average Bonchev–Trinajstić information content (AvgIpc) is 2.67. The summed E-state index contributed by atoms with van der Waals surface area (Å²) in [5, 5.41) is 0. The third-order valence-corrected chi connectivity index (χ3v) is 12.2. The highest BCUT2D eigenvalue weighted by Gasteiger charge is 2.67. The second kappa shape index (κ2) is 7.46. The molecule has 0 unspecified atom stereocenters. The number of carbonyl (C=O) groups excluding carboxylic acids is 1. The Kier molecular flexibility index (Phi) is 5.67. The summed E-state index contributed by atoms with van der Waals surface area (Å²) in [6.07, 6.45) is 16.7. The van der Waals surface area contributed by atoms with E-state index in [1.807, 2.05) is 0 Å². The highest BCUT2D eigenvalue weighted by atomic mass is 16.1. The van der Waals surface area contributed by atoms with Crippen molar-refractivity contribution in [1.82, 2.24) is 0 Å². The first-order valence-corrected chi connectivity index (χ1v) is 13.5. The lowest BCUT2D eigenvalue weighted by Crippen LogP contribution is -2.64. The van der Waals surface area contributed by atoms with Crippen LogP contribution in [0.3, 0.4) is 0 Å². The van der Waals surface area contributed by atoms with Gasteiger partial charge in [0.2, 0.25) is 0 Å². The van der Waals surface area contributed by atoms with Gasteiger partial charge in [-0.15, -0.1) is 0 Å². The zero-order valence-electron chi connectivity index (χ0n) is 22.0. The van der Waals surface area contributed by atoms with Gasteiger partial charge in [-0.25, -0.2) is 0 Å². The van der Waals surface area contributed by atoms with E-state index >= 15 is 0 Å². The number of rotatable bonds is 3. The number of Topliss-reactive ketones (excluding diaryl/α,β-unsaturated/α-hetero) is 1. The number of allylic oxidation sites excluding steroid dienone is 2. The molecular weight excluding hydrogens is 376 g/mol. The zero-order valence-corrected chi connectivity index (χ0v) is 22.0. The van der Waals surface area contributed by atoms with Crippen LogP contribution in [0.5, 0.6) is 0 Å². The largest absolute Gasteiger partial charge is 0.299 e. The van der Waals surface area contributed by atoms with Crippen molar-refractivity contribution < 1.29 is 4.79 Å². The smallest absolute Gasteiger partial charge is 0.136 e. The van der Waals surface area contributed by atoms with E-state index in [4.69, 9.17) is 0 Å². The Hall–Kier alpha value is -0.590. The lowest BCUT2D eigenvalue weighted by molar-refractivity contribution is -0.225. The third kappa shape index (κ3) is 3.42. The molecule has 0 aromatic heterocycles. The maximum atomic E-state index is 12.7. The van der Waals surface area contributed by atoms with E-state index in [0.717, 1.165) is 24.7 Å². The highest BCUT2D eigenvalue weighted by molar-refractivity contribution is 5.82. The molecule has 31 heavy (non-hydrogen) atoms. The fourth-order valence-corrected chi connectivity index (χ4v) is 9.93. The molecule has 1 heteroatoms. The van der Waals surface area contributed by atoms with Crippen molar-refractivity contribution in [3.05, 3.63) is 11.6 Å². The molecule has 176 valence electrons. The minimum Gasteiger partial charge on any atom is -0.299 e. The van der Waals surface area contributed by atoms with Crippen LogP contribution in [-0.2, 0) is 4.79 Å². The van der Waals surface area contributed by atoms with E-state index in [-0.39, 0.29) is 11.3 Å². The zero-order chi connectivity index (χ0) is 22.9. The second-order valence-electron chi connectivity index (χ2n) is 14.2. The van der Waals surface area contributed by atoms with Crippen molar-refractivity contribution in [2.45, 2.75) is 126 Å². The van der Waals surface area contributed by atoms with Crippen molar-refractivity contribution in [3.63, 3.8) is 0 Å². The Labute approximate surface area is 193 Å². The first kappa shape index (κ1) is 23.6. The highest BCUT2D eigenvalue weighted by Crippen LogP contribution is 2.75. The van der Waals surface area contributed by atoms with Gasteiger partial charge in [0.1, 0.15) is 5.78 Å². The Morgan fingerprint density at radius 2 is 1.61 bits per heavy atom. The normalized spacial score (nSPS) is 52.0. The van der Waals surface area contributed by atoms with Gasteiger partial charge in [-0.3, -0.25) is 4.79 Å². The minimum atomic E-state index is 0.234. The van der Waals surface area contributed by atoms with Crippen LogP contribution in [-0.4, -0.2) is 5.78 Å². The molecule has 0 aromatic rings. The minimum absolute atomic E-state index is 0.234.